The maximum Gasteiger partial charge on any atom is 0.346 e. The van der Waals surface area contributed by atoms with Gasteiger partial charge in [-0.05, 0) is 49.7 Å². The monoisotopic (exact) mass is 398 g/mol. The van der Waals surface area contributed by atoms with Crippen molar-refractivity contribution in [3.05, 3.63) is 52.2 Å². The number of aryl methyl sites for hydroxylation is 1. The predicted molar refractivity (Wildman–Crippen MR) is 108 cm³/mol. The number of hydrogen-bond acceptors (Lipinski definition) is 7. The molecule has 29 heavy (non-hydrogen) atoms. The van der Waals surface area contributed by atoms with Gasteiger partial charge in [0.1, 0.15) is 5.58 Å². The van der Waals surface area contributed by atoms with E-state index in [9.17, 15) is 9.59 Å². The molecule has 0 aliphatic rings. The Morgan fingerprint density at radius 1 is 1.00 bits per heavy atom. The molecule has 1 aromatic heterocycles. The molecule has 3 aromatic rings. The number of carbonyl (C=O) groups is 1. The maximum atomic E-state index is 13.2. The number of fused-ring (bicyclic) bond motifs is 1. The van der Waals surface area contributed by atoms with E-state index in [2.05, 4.69) is 0 Å². The Balaban J connectivity index is 2.27. The van der Waals surface area contributed by atoms with Crippen molar-refractivity contribution in [2.75, 3.05) is 21.3 Å². The van der Waals surface area contributed by atoms with Crippen LogP contribution in [0.5, 0.6) is 17.2 Å². The summed E-state index contributed by atoms with van der Waals surface area (Å²) in [6.45, 7) is 3.41. The minimum absolute atomic E-state index is 0.0773. The molecule has 1 atom stereocenters. The average Bonchev–Trinajstić information content (AvgIpc) is 2.73. The average molecular weight is 398 g/mol. The van der Waals surface area contributed by atoms with Crippen molar-refractivity contribution < 1.29 is 28.2 Å². The van der Waals surface area contributed by atoms with E-state index < -0.39 is 12.1 Å². The van der Waals surface area contributed by atoms with E-state index >= 15 is 0 Å². The lowest BCUT2D eigenvalue weighted by molar-refractivity contribution is -0.147. The largest absolute Gasteiger partial charge is 0.493 e. The van der Waals surface area contributed by atoms with Gasteiger partial charge in [-0.1, -0.05) is 6.07 Å². The van der Waals surface area contributed by atoms with Crippen molar-refractivity contribution in [1.82, 2.24) is 0 Å². The van der Waals surface area contributed by atoms with Crippen LogP contribution in [0.25, 0.3) is 22.3 Å². The second-order valence-electron chi connectivity index (χ2n) is 6.44. The fraction of sp³-hybridized carbons (Fsp3) is 0.273. The van der Waals surface area contributed by atoms with Crippen LogP contribution >= 0.6 is 0 Å². The number of carbonyl (C=O) groups excluding carboxylic acids is 1. The number of benzene rings is 2. The molecule has 0 amide bonds. The van der Waals surface area contributed by atoms with Crippen LogP contribution in [0.2, 0.25) is 0 Å². The van der Waals surface area contributed by atoms with Crippen LogP contribution in [0.15, 0.2) is 45.6 Å². The van der Waals surface area contributed by atoms with Gasteiger partial charge in [0.15, 0.2) is 23.4 Å². The Morgan fingerprint density at radius 2 is 1.72 bits per heavy atom. The Kier molecular flexibility index (Phi) is 5.77. The van der Waals surface area contributed by atoms with E-state index in [1.54, 1.807) is 30.3 Å². The SMILES string of the molecule is COC(=O)[C@H](C)Oc1c(-c2ccc(OC)c(OC)c2)oc2cc(C)ccc2c1=O. The van der Waals surface area contributed by atoms with Crippen LogP contribution < -0.4 is 19.6 Å². The van der Waals surface area contributed by atoms with Crippen LogP contribution in [0.4, 0.5) is 0 Å². The molecule has 0 spiro atoms. The molecular weight excluding hydrogens is 376 g/mol. The summed E-state index contributed by atoms with van der Waals surface area (Å²) >= 11 is 0. The fourth-order valence-corrected chi connectivity index (χ4v) is 2.95. The Labute approximate surface area is 167 Å². The molecule has 0 aliphatic heterocycles. The summed E-state index contributed by atoms with van der Waals surface area (Å²) in [4.78, 5) is 25.0. The highest BCUT2D eigenvalue weighted by Crippen LogP contribution is 2.37. The summed E-state index contributed by atoms with van der Waals surface area (Å²) in [5.74, 6) is 0.493. The minimum atomic E-state index is -0.996. The van der Waals surface area contributed by atoms with Gasteiger partial charge >= 0.3 is 5.97 Å². The quantitative estimate of drug-likeness (QED) is 0.585. The predicted octanol–water partition coefficient (Wildman–Crippen LogP) is 3.73. The summed E-state index contributed by atoms with van der Waals surface area (Å²) in [6.07, 6.45) is -0.996. The topological polar surface area (TPSA) is 84.2 Å². The second-order valence-corrected chi connectivity index (χ2v) is 6.44. The maximum absolute atomic E-state index is 13.2. The van der Waals surface area contributed by atoms with Gasteiger partial charge in [-0.2, -0.15) is 0 Å². The van der Waals surface area contributed by atoms with E-state index in [1.165, 1.54) is 28.3 Å². The zero-order valence-electron chi connectivity index (χ0n) is 16.9. The number of esters is 1. The van der Waals surface area contributed by atoms with E-state index in [0.717, 1.165) is 5.56 Å². The molecule has 1 heterocycles. The van der Waals surface area contributed by atoms with Gasteiger partial charge in [0.2, 0.25) is 11.2 Å². The van der Waals surface area contributed by atoms with Gasteiger partial charge in [0.05, 0.1) is 26.7 Å². The van der Waals surface area contributed by atoms with E-state index in [0.29, 0.717) is 28.0 Å². The summed E-state index contributed by atoms with van der Waals surface area (Å²) in [7, 11) is 4.30. The van der Waals surface area contributed by atoms with Gasteiger partial charge in [0.25, 0.3) is 0 Å². The van der Waals surface area contributed by atoms with Gasteiger partial charge in [-0.25, -0.2) is 4.79 Å². The van der Waals surface area contributed by atoms with Gasteiger partial charge in [-0.3, -0.25) is 4.79 Å². The molecule has 0 unspecified atom stereocenters. The number of ether oxygens (including phenoxy) is 4. The first-order chi connectivity index (χ1) is 13.9. The van der Waals surface area contributed by atoms with Gasteiger partial charge in [-0.15, -0.1) is 0 Å². The van der Waals surface area contributed by atoms with Crippen molar-refractivity contribution in [3.8, 4) is 28.6 Å². The number of methoxy groups -OCH3 is 3. The summed E-state index contributed by atoms with van der Waals surface area (Å²) in [6, 6.07) is 10.3. The van der Waals surface area contributed by atoms with Crippen molar-refractivity contribution in [2.45, 2.75) is 20.0 Å². The molecule has 152 valence electrons. The van der Waals surface area contributed by atoms with E-state index in [1.807, 2.05) is 13.0 Å². The Bertz CT molecular complexity index is 1110. The van der Waals surface area contributed by atoms with Crippen molar-refractivity contribution in [1.29, 1.82) is 0 Å². The van der Waals surface area contributed by atoms with Crippen LogP contribution in [0, 0.1) is 6.92 Å². The normalized spacial score (nSPS) is 11.8. The van der Waals surface area contributed by atoms with Crippen LogP contribution in [-0.4, -0.2) is 33.4 Å². The lowest BCUT2D eigenvalue weighted by Crippen LogP contribution is -2.27. The van der Waals surface area contributed by atoms with Crippen molar-refractivity contribution in [2.24, 2.45) is 0 Å². The first-order valence-corrected chi connectivity index (χ1v) is 8.94. The van der Waals surface area contributed by atoms with Gasteiger partial charge < -0.3 is 23.4 Å². The lowest BCUT2D eigenvalue weighted by Gasteiger charge is -2.16. The number of hydrogen-bond donors (Lipinski definition) is 0. The Hall–Kier alpha value is -3.48. The molecule has 0 N–H and O–H groups in total. The van der Waals surface area contributed by atoms with E-state index in [-0.39, 0.29) is 16.9 Å². The highest BCUT2D eigenvalue weighted by atomic mass is 16.6. The second kappa shape index (κ2) is 8.26. The molecule has 0 aliphatic carbocycles. The standard InChI is InChI=1S/C22H22O7/c1-12-6-8-15-17(10-12)29-20(14-7-9-16(25-3)18(11-14)26-4)21(19(15)23)28-13(2)22(24)27-5/h6-11,13H,1-5H3/t13-/m0/s1. The molecular formula is C22H22O7. The zero-order valence-corrected chi connectivity index (χ0v) is 16.9. The summed E-state index contributed by atoms with van der Waals surface area (Å²) in [5.41, 5.74) is 1.51. The first-order valence-electron chi connectivity index (χ1n) is 8.94. The van der Waals surface area contributed by atoms with Crippen LogP contribution in [-0.2, 0) is 9.53 Å². The third kappa shape index (κ3) is 3.89. The lowest BCUT2D eigenvalue weighted by atomic mass is 10.1. The molecule has 0 radical (unpaired) electrons. The van der Waals surface area contributed by atoms with Gasteiger partial charge in [0, 0.05) is 5.56 Å². The summed E-state index contributed by atoms with van der Waals surface area (Å²) < 4.78 is 27.1. The van der Waals surface area contributed by atoms with E-state index in [4.69, 9.17) is 23.4 Å². The third-order valence-electron chi connectivity index (χ3n) is 4.48. The third-order valence-corrected chi connectivity index (χ3v) is 4.48. The first kappa shape index (κ1) is 20.3. The fourth-order valence-electron chi connectivity index (χ4n) is 2.95. The van der Waals surface area contributed by atoms with Crippen LogP contribution in [0.3, 0.4) is 0 Å². The molecule has 0 saturated heterocycles. The smallest absolute Gasteiger partial charge is 0.346 e. The van der Waals surface area contributed by atoms with Crippen molar-refractivity contribution in [3.63, 3.8) is 0 Å². The molecule has 7 heteroatoms. The molecule has 7 nitrogen and oxygen atoms in total. The highest BCUT2D eigenvalue weighted by molar-refractivity contribution is 5.83. The van der Waals surface area contributed by atoms with Crippen molar-refractivity contribution >= 4 is 16.9 Å². The molecule has 0 fully saturated rings. The minimum Gasteiger partial charge on any atom is -0.493 e. The number of rotatable bonds is 6. The highest BCUT2D eigenvalue weighted by Gasteiger charge is 2.24. The molecule has 0 saturated carbocycles. The zero-order chi connectivity index (χ0) is 21.1. The molecule has 0 bridgehead atoms. The summed E-state index contributed by atoms with van der Waals surface area (Å²) in [5, 5.41) is 0.354. The van der Waals surface area contributed by atoms with Crippen LogP contribution in [0.1, 0.15) is 12.5 Å². The molecule has 2 aromatic carbocycles. The molecule has 3 rings (SSSR count). The Morgan fingerprint density at radius 3 is 2.38 bits per heavy atom.